The number of nitrogens with two attached hydrogens (primary N) is 2. The minimum absolute atomic E-state index is 0.0424. The monoisotopic (exact) mass is 491 g/mol. The smallest absolute Gasteiger partial charge is 0.226 e. The van der Waals surface area contributed by atoms with Crippen molar-refractivity contribution in [2.45, 2.75) is 32.1 Å². The maximum Gasteiger partial charge on any atom is 0.226 e. The molecule has 8 nitrogen and oxygen atoms in total. The fourth-order valence-electron chi connectivity index (χ4n) is 5.53. The molecule has 4 aromatic rings. The minimum Gasteiger partial charge on any atom is -0.389 e. The first-order chi connectivity index (χ1) is 16.9. The van der Waals surface area contributed by atoms with Crippen LogP contribution in [0.1, 0.15) is 29.5 Å². The highest BCUT2D eigenvalue weighted by atomic mass is 32.1. The van der Waals surface area contributed by atoms with Crippen LogP contribution in [0.2, 0.25) is 0 Å². The van der Waals surface area contributed by atoms with Crippen LogP contribution in [-0.2, 0) is 18.0 Å². The Labute approximate surface area is 202 Å². The second-order valence-corrected chi connectivity index (χ2v) is 10.6. The molecule has 3 aromatic heterocycles. The van der Waals surface area contributed by atoms with E-state index >= 15 is 4.39 Å². The van der Waals surface area contributed by atoms with Gasteiger partial charge in [-0.3, -0.25) is 4.98 Å². The Bertz CT molecular complexity index is 1620. The lowest BCUT2D eigenvalue weighted by atomic mass is 9.94. The SMILES string of the molecule is N#Cc1c(N)sc2c(F)cnc(-c3c4c(c5cnc(N6C[C@H](N)C7(CC7)C6)nc5c3F)COC4)c12. The lowest BCUT2D eigenvalue weighted by Gasteiger charge is -2.18. The summed E-state index contributed by atoms with van der Waals surface area (Å²) in [5.41, 5.74) is 14.4. The molecular formula is C24H19F2N7OS. The molecule has 176 valence electrons. The van der Waals surface area contributed by atoms with E-state index in [4.69, 9.17) is 16.2 Å². The average Bonchev–Trinajstić information content (AvgIpc) is 3.17. The van der Waals surface area contributed by atoms with E-state index in [0.29, 0.717) is 23.4 Å². The molecule has 0 bridgehead atoms. The molecule has 2 fully saturated rings. The molecule has 2 aliphatic heterocycles. The number of benzene rings is 1. The summed E-state index contributed by atoms with van der Waals surface area (Å²) in [6.45, 7) is 1.79. The van der Waals surface area contributed by atoms with Gasteiger partial charge in [-0.15, -0.1) is 11.3 Å². The largest absolute Gasteiger partial charge is 0.389 e. The number of nitrogens with zero attached hydrogens (tertiary/aromatic N) is 5. The fraction of sp³-hybridized carbons (Fsp3) is 0.333. The molecule has 1 spiro atoms. The molecule has 0 radical (unpaired) electrons. The lowest BCUT2D eigenvalue weighted by Crippen LogP contribution is -2.30. The second kappa shape index (κ2) is 7.04. The summed E-state index contributed by atoms with van der Waals surface area (Å²) < 4.78 is 36.8. The highest BCUT2D eigenvalue weighted by Crippen LogP contribution is 2.52. The number of thiophene rings is 1. The molecule has 7 rings (SSSR count). The standard InChI is InChI=1S/C24H19F2N7OS/c25-14-5-30-20(17-10(3-27)22(29)35-21(14)17)16-13-8-34-7-12(13)11-4-31-23(32-19(11)18(16)26)33-6-15(28)24(9-33)1-2-24/h4-5,15H,1-2,6-9,28-29H2/t15-/m0/s1. The van der Waals surface area contributed by atoms with Gasteiger partial charge in [0.1, 0.15) is 16.6 Å². The molecule has 5 heterocycles. The van der Waals surface area contributed by atoms with Crippen molar-refractivity contribution in [1.82, 2.24) is 15.0 Å². The van der Waals surface area contributed by atoms with E-state index in [-0.39, 0.29) is 62.1 Å². The summed E-state index contributed by atoms with van der Waals surface area (Å²) in [4.78, 5) is 15.4. The predicted octanol–water partition coefficient (Wildman–Crippen LogP) is 3.60. The summed E-state index contributed by atoms with van der Waals surface area (Å²) in [6, 6.07) is 2.07. The van der Waals surface area contributed by atoms with Crippen molar-refractivity contribution in [1.29, 1.82) is 5.26 Å². The molecule has 0 amide bonds. The Hall–Kier alpha value is -3.46. The molecule has 1 aromatic carbocycles. The van der Waals surface area contributed by atoms with Crippen LogP contribution in [0.5, 0.6) is 0 Å². The third kappa shape index (κ3) is 2.78. The summed E-state index contributed by atoms with van der Waals surface area (Å²) in [6.07, 6.45) is 4.84. The summed E-state index contributed by atoms with van der Waals surface area (Å²) in [5, 5.41) is 10.6. The Kier molecular flexibility index (Phi) is 4.20. The number of nitrogen functional groups attached to an aromatic ring is 1. The maximum absolute atomic E-state index is 16.4. The third-order valence-corrected chi connectivity index (χ3v) is 8.64. The molecule has 1 saturated carbocycles. The molecule has 11 heteroatoms. The number of ether oxygens (including phenoxy) is 1. The number of hydrogen-bond acceptors (Lipinski definition) is 9. The van der Waals surface area contributed by atoms with Crippen LogP contribution >= 0.6 is 11.3 Å². The van der Waals surface area contributed by atoms with Gasteiger partial charge in [-0.1, -0.05) is 0 Å². The van der Waals surface area contributed by atoms with E-state index in [9.17, 15) is 9.65 Å². The Morgan fingerprint density at radius 3 is 2.74 bits per heavy atom. The predicted molar refractivity (Wildman–Crippen MR) is 128 cm³/mol. The normalized spacial score (nSPS) is 20.2. The maximum atomic E-state index is 16.4. The number of halogens is 2. The molecular weight excluding hydrogens is 472 g/mol. The van der Waals surface area contributed by atoms with Crippen LogP contribution in [0, 0.1) is 28.4 Å². The molecule has 1 saturated heterocycles. The summed E-state index contributed by atoms with van der Waals surface area (Å²) in [5.74, 6) is -0.790. The second-order valence-electron chi connectivity index (χ2n) is 9.53. The van der Waals surface area contributed by atoms with Crippen LogP contribution < -0.4 is 16.4 Å². The number of aromatic nitrogens is 3. The van der Waals surface area contributed by atoms with Gasteiger partial charge in [-0.2, -0.15) is 5.26 Å². The molecule has 35 heavy (non-hydrogen) atoms. The van der Waals surface area contributed by atoms with E-state index in [0.717, 1.165) is 42.5 Å². The van der Waals surface area contributed by atoms with E-state index in [2.05, 4.69) is 15.0 Å². The number of fused-ring (bicyclic) bond motifs is 4. The number of nitriles is 1. The molecule has 1 atom stereocenters. The number of anilines is 2. The van der Waals surface area contributed by atoms with Gasteiger partial charge in [0.05, 0.1) is 35.4 Å². The highest BCUT2D eigenvalue weighted by Gasteiger charge is 2.54. The van der Waals surface area contributed by atoms with Crippen molar-refractivity contribution in [3.05, 3.63) is 40.7 Å². The van der Waals surface area contributed by atoms with Gasteiger partial charge in [-0.25, -0.2) is 18.7 Å². The van der Waals surface area contributed by atoms with Gasteiger partial charge >= 0.3 is 0 Å². The molecule has 3 aliphatic rings. The van der Waals surface area contributed by atoms with E-state index in [1.54, 1.807) is 6.20 Å². The Balaban J connectivity index is 1.49. The highest BCUT2D eigenvalue weighted by molar-refractivity contribution is 7.23. The zero-order valence-electron chi connectivity index (χ0n) is 18.4. The van der Waals surface area contributed by atoms with Gasteiger partial charge in [-0.05, 0) is 24.0 Å². The molecule has 0 unspecified atom stereocenters. The van der Waals surface area contributed by atoms with Crippen molar-refractivity contribution >= 4 is 43.3 Å². The number of hydrogen-bond donors (Lipinski definition) is 2. The fourth-order valence-corrected chi connectivity index (χ4v) is 6.45. The van der Waals surface area contributed by atoms with Gasteiger partial charge in [0.15, 0.2) is 11.6 Å². The van der Waals surface area contributed by atoms with Crippen LogP contribution in [0.4, 0.5) is 19.7 Å². The number of rotatable bonds is 2. The van der Waals surface area contributed by atoms with E-state index < -0.39 is 11.6 Å². The average molecular weight is 492 g/mol. The van der Waals surface area contributed by atoms with E-state index in [1.807, 2.05) is 11.0 Å². The van der Waals surface area contributed by atoms with Crippen molar-refractivity contribution in [3.63, 3.8) is 0 Å². The first-order valence-electron chi connectivity index (χ1n) is 11.3. The van der Waals surface area contributed by atoms with Crippen LogP contribution in [0.3, 0.4) is 0 Å². The van der Waals surface area contributed by atoms with Crippen LogP contribution in [0.25, 0.3) is 32.2 Å². The zero-order valence-corrected chi connectivity index (χ0v) is 19.3. The quantitative estimate of drug-likeness (QED) is 0.436. The van der Waals surface area contributed by atoms with Crippen molar-refractivity contribution in [2.75, 3.05) is 23.7 Å². The first kappa shape index (κ1) is 20.9. The Morgan fingerprint density at radius 1 is 1.20 bits per heavy atom. The van der Waals surface area contributed by atoms with Gasteiger partial charge < -0.3 is 21.1 Å². The molecule has 1 aliphatic carbocycles. The van der Waals surface area contributed by atoms with Crippen molar-refractivity contribution < 1.29 is 13.5 Å². The molecule has 4 N–H and O–H groups in total. The zero-order chi connectivity index (χ0) is 24.1. The third-order valence-electron chi connectivity index (χ3n) is 7.62. The topological polar surface area (TPSA) is 127 Å². The summed E-state index contributed by atoms with van der Waals surface area (Å²) >= 11 is 0.949. The van der Waals surface area contributed by atoms with Crippen molar-refractivity contribution in [2.24, 2.45) is 11.1 Å². The van der Waals surface area contributed by atoms with Gasteiger partial charge in [0, 0.05) is 47.1 Å². The lowest BCUT2D eigenvalue weighted by molar-refractivity contribution is 0.135. The van der Waals surface area contributed by atoms with E-state index in [1.165, 1.54) is 0 Å². The van der Waals surface area contributed by atoms with Gasteiger partial charge in [0.2, 0.25) is 5.95 Å². The summed E-state index contributed by atoms with van der Waals surface area (Å²) in [7, 11) is 0. The van der Waals surface area contributed by atoms with Crippen LogP contribution in [-0.4, -0.2) is 34.1 Å². The van der Waals surface area contributed by atoms with Crippen molar-refractivity contribution in [3.8, 4) is 17.3 Å². The minimum atomic E-state index is -0.611. The Morgan fingerprint density at radius 2 is 2.00 bits per heavy atom. The first-order valence-corrected chi connectivity index (χ1v) is 12.1. The van der Waals surface area contributed by atoms with Crippen LogP contribution in [0.15, 0.2) is 12.4 Å². The number of pyridine rings is 1. The van der Waals surface area contributed by atoms with Gasteiger partial charge in [0.25, 0.3) is 0 Å².